The topological polar surface area (TPSA) is 85.1 Å². The third kappa shape index (κ3) is 3.01. The molecule has 1 amide bonds. The fourth-order valence-electron chi connectivity index (χ4n) is 2.20. The zero-order valence-electron chi connectivity index (χ0n) is 11.9. The second kappa shape index (κ2) is 5.94. The maximum absolute atomic E-state index is 12.3. The van der Waals surface area contributed by atoms with Crippen LogP contribution in [0.1, 0.15) is 15.9 Å². The summed E-state index contributed by atoms with van der Waals surface area (Å²) in [4.78, 5) is 27.1. The van der Waals surface area contributed by atoms with Crippen LogP contribution in [0.4, 0.5) is 10.8 Å². The molecule has 0 saturated carbocycles. The third-order valence-electron chi connectivity index (χ3n) is 3.22. The molecule has 8 heteroatoms. The molecule has 2 aromatic carbocycles. The molecule has 1 N–H and O–H groups in total. The van der Waals surface area contributed by atoms with Crippen LogP contribution in [-0.4, -0.2) is 15.8 Å². The van der Waals surface area contributed by atoms with Gasteiger partial charge in [-0.3, -0.25) is 20.2 Å². The summed E-state index contributed by atoms with van der Waals surface area (Å²) in [5.74, 6) is -0.569. The van der Waals surface area contributed by atoms with Crippen LogP contribution < -0.4 is 5.32 Å². The van der Waals surface area contributed by atoms with Gasteiger partial charge in [0, 0.05) is 11.1 Å². The molecule has 0 bridgehead atoms. The Labute approximate surface area is 139 Å². The first-order chi connectivity index (χ1) is 11.0. The van der Waals surface area contributed by atoms with Crippen molar-refractivity contribution in [2.45, 2.75) is 6.92 Å². The monoisotopic (exact) mass is 347 g/mol. The molecule has 0 saturated heterocycles. The maximum atomic E-state index is 12.3. The quantitative estimate of drug-likeness (QED) is 0.561. The Balaban J connectivity index is 1.95. The minimum atomic E-state index is -0.586. The molecule has 3 rings (SSSR count). The predicted molar refractivity (Wildman–Crippen MR) is 90.4 cm³/mol. The largest absolute Gasteiger partial charge is 0.298 e. The first-order valence-corrected chi connectivity index (χ1v) is 7.76. The Morgan fingerprint density at radius 3 is 2.83 bits per heavy atom. The zero-order chi connectivity index (χ0) is 16.6. The molecule has 3 aromatic rings. The number of anilines is 1. The van der Waals surface area contributed by atoms with Crippen LogP contribution in [0.25, 0.3) is 10.2 Å². The molecule has 1 heterocycles. The predicted octanol–water partition coefficient (Wildman–Crippen LogP) is 4.42. The van der Waals surface area contributed by atoms with Crippen LogP contribution in [0.3, 0.4) is 0 Å². The Bertz CT molecular complexity index is 939. The maximum Gasteiger partial charge on any atom is 0.282 e. The van der Waals surface area contributed by atoms with E-state index in [0.29, 0.717) is 10.2 Å². The summed E-state index contributed by atoms with van der Waals surface area (Å²) in [6.07, 6.45) is 0. The van der Waals surface area contributed by atoms with E-state index < -0.39 is 10.8 Å². The van der Waals surface area contributed by atoms with Crippen molar-refractivity contribution in [2.24, 2.45) is 0 Å². The number of para-hydroxylation sites is 1. The van der Waals surface area contributed by atoms with Gasteiger partial charge in [0.1, 0.15) is 5.56 Å². The number of fused-ring (bicyclic) bond motifs is 1. The van der Waals surface area contributed by atoms with E-state index in [4.69, 9.17) is 11.6 Å². The number of carbonyl (C=O) groups is 1. The molecule has 0 aliphatic rings. The van der Waals surface area contributed by atoms with Crippen molar-refractivity contribution in [3.8, 4) is 0 Å². The van der Waals surface area contributed by atoms with Crippen molar-refractivity contribution in [2.75, 3.05) is 5.32 Å². The number of nitro groups is 1. The molecule has 1 aromatic heterocycles. The lowest BCUT2D eigenvalue weighted by atomic mass is 10.1. The van der Waals surface area contributed by atoms with Gasteiger partial charge in [0.25, 0.3) is 11.6 Å². The van der Waals surface area contributed by atoms with Crippen molar-refractivity contribution in [1.82, 2.24) is 4.98 Å². The molecule has 0 spiro atoms. The highest BCUT2D eigenvalue weighted by Gasteiger charge is 2.20. The number of hydrogen-bond acceptors (Lipinski definition) is 5. The number of nitrogens with one attached hydrogen (secondary N) is 1. The Hall–Kier alpha value is -2.51. The normalized spacial score (nSPS) is 10.7. The van der Waals surface area contributed by atoms with Crippen molar-refractivity contribution in [3.05, 3.63) is 62.7 Å². The van der Waals surface area contributed by atoms with Gasteiger partial charge < -0.3 is 0 Å². The van der Waals surface area contributed by atoms with E-state index in [1.807, 2.05) is 6.92 Å². The fourth-order valence-corrected chi connectivity index (χ4v) is 3.51. The number of aryl methyl sites for hydroxylation is 1. The lowest BCUT2D eigenvalue weighted by Crippen LogP contribution is -2.13. The van der Waals surface area contributed by atoms with Gasteiger partial charge in [-0.1, -0.05) is 35.1 Å². The summed E-state index contributed by atoms with van der Waals surface area (Å²) in [6.45, 7) is 1.88. The van der Waals surface area contributed by atoms with Crippen LogP contribution in [0, 0.1) is 17.0 Å². The van der Waals surface area contributed by atoms with E-state index in [9.17, 15) is 14.9 Å². The number of nitrogens with zero attached hydrogens (tertiary/aromatic N) is 2. The first-order valence-electron chi connectivity index (χ1n) is 6.57. The van der Waals surface area contributed by atoms with Crippen LogP contribution in [-0.2, 0) is 0 Å². The molecule has 0 radical (unpaired) electrons. The molecule has 23 heavy (non-hydrogen) atoms. The molecule has 116 valence electrons. The van der Waals surface area contributed by atoms with Gasteiger partial charge in [0.15, 0.2) is 5.13 Å². The van der Waals surface area contributed by atoms with Crippen LogP contribution in [0.15, 0.2) is 36.4 Å². The SMILES string of the molecule is Cc1cc(Cl)cc2sc(NC(=O)c3ccccc3[N+](=O)[O-])nc12. The fraction of sp³-hybridized carbons (Fsp3) is 0.0667. The molecule has 0 atom stereocenters. The molecule has 6 nitrogen and oxygen atoms in total. The summed E-state index contributed by atoms with van der Waals surface area (Å²) in [6, 6.07) is 9.33. The highest BCUT2D eigenvalue weighted by Crippen LogP contribution is 2.31. The summed E-state index contributed by atoms with van der Waals surface area (Å²) < 4.78 is 0.841. The smallest absolute Gasteiger partial charge is 0.282 e. The molecular formula is C15H10ClN3O3S. The molecule has 0 aliphatic carbocycles. The number of hydrogen-bond donors (Lipinski definition) is 1. The number of aromatic nitrogens is 1. The van der Waals surface area contributed by atoms with Gasteiger partial charge >= 0.3 is 0 Å². The molecular weight excluding hydrogens is 338 g/mol. The van der Waals surface area contributed by atoms with Crippen LogP contribution in [0.2, 0.25) is 5.02 Å². The van der Waals surface area contributed by atoms with E-state index in [-0.39, 0.29) is 11.3 Å². The van der Waals surface area contributed by atoms with Gasteiger partial charge in [-0.2, -0.15) is 0 Å². The Kier molecular flexibility index (Phi) is 3.97. The first kappa shape index (κ1) is 15.4. The van der Waals surface area contributed by atoms with Crippen LogP contribution in [0.5, 0.6) is 0 Å². The van der Waals surface area contributed by atoms with E-state index >= 15 is 0 Å². The van der Waals surface area contributed by atoms with Crippen molar-refractivity contribution < 1.29 is 9.72 Å². The third-order valence-corrected chi connectivity index (χ3v) is 4.35. The zero-order valence-corrected chi connectivity index (χ0v) is 13.4. The van der Waals surface area contributed by atoms with E-state index in [1.54, 1.807) is 18.2 Å². The number of thiazole rings is 1. The number of nitro benzene ring substituents is 1. The number of rotatable bonds is 3. The minimum Gasteiger partial charge on any atom is -0.298 e. The van der Waals surface area contributed by atoms with Gasteiger partial charge in [0.2, 0.25) is 0 Å². The second-order valence-corrected chi connectivity index (χ2v) is 6.28. The summed E-state index contributed by atoms with van der Waals surface area (Å²) >= 11 is 7.27. The van der Waals surface area contributed by atoms with Crippen molar-refractivity contribution >= 4 is 49.9 Å². The van der Waals surface area contributed by atoms with Gasteiger partial charge in [-0.05, 0) is 30.7 Å². The van der Waals surface area contributed by atoms with Gasteiger partial charge in [-0.25, -0.2) is 4.98 Å². The Morgan fingerprint density at radius 2 is 2.09 bits per heavy atom. The van der Waals surface area contributed by atoms with Crippen molar-refractivity contribution in [3.63, 3.8) is 0 Å². The average Bonchev–Trinajstić information content (AvgIpc) is 2.89. The highest BCUT2D eigenvalue weighted by molar-refractivity contribution is 7.22. The second-order valence-electron chi connectivity index (χ2n) is 4.82. The molecule has 0 aliphatic heterocycles. The lowest BCUT2D eigenvalue weighted by molar-refractivity contribution is -0.385. The molecule has 0 unspecified atom stereocenters. The van der Waals surface area contributed by atoms with Gasteiger partial charge in [0.05, 0.1) is 15.1 Å². The number of benzene rings is 2. The lowest BCUT2D eigenvalue weighted by Gasteiger charge is -2.02. The number of carbonyl (C=O) groups excluding carboxylic acids is 1. The van der Waals surface area contributed by atoms with E-state index in [0.717, 1.165) is 15.8 Å². The van der Waals surface area contributed by atoms with E-state index in [1.165, 1.54) is 29.5 Å². The van der Waals surface area contributed by atoms with E-state index in [2.05, 4.69) is 10.3 Å². The number of halogens is 1. The Morgan fingerprint density at radius 1 is 1.35 bits per heavy atom. The van der Waals surface area contributed by atoms with Gasteiger partial charge in [-0.15, -0.1) is 0 Å². The minimum absolute atomic E-state index is 0.00786. The summed E-state index contributed by atoms with van der Waals surface area (Å²) in [7, 11) is 0. The average molecular weight is 348 g/mol. The van der Waals surface area contributed by atoms with Crippen molar-refractivity contribution in [1.29, 1.82) is 0 Å². The summed E-state index contributed by atoms with van der Waals surface area (Å²) in [5.41, 5.74) is 1.39. The highest BCUT2D eigenvalue weighted by atomic mass is 35.5. The molecule has 0 fully saturated rings. The number of amides is 1. The standard InChI is InChI=1S/C15H10ClN3O3S/c1-8-6-9(16)7-12-13(8)17-15(23-12)18-14(20)10-4-2-3-5-11(10)19(21)22/h2-7H,1H3,(H,17,18,20). The summed E-state index contributed by atoms with van der Waals surface area (Å²) in [5, 5.41) is 14.6. The van der Waals surface area contributed by atoms with Crippen LogP contribution >= 0.6 is 22.9 Å².